The Labute approximate surface area is 125 Å². The summed E-state index contributed by atoms with van der Waals surface area (Å²) in [6.45, 7) is 12.7. The van der Waals surface area contributed by atoms with E-state index in [1.54, 1.807) is 0 Å². The molecule has 114 valence electrons. The first-order chi connectivity index (χ1) is 9.52. The summed E-state index contributed by atoms with van der Waals surface area (Å²) in [4.78, 5) is 2.65. The highest BCUT2D eigenvalue weighted by Gasteiger charge is 2.31. The van der Waals surface area contributed by atoms with Crippen molar-refractivity contribution in [2.45, 2.75) is 59.2 Å². The molecule has 0 heterocycles. The van der Waals surface area contributed by atoms with Crippen LogP contribution in [0.1, 0.15) is 52.6 Å². The highest BCUT2D eigenvalue weighted by Crippen LogP contribution is 2.28. The van der Waals surface area contributed by atoms with Crippen molar-refractivity contribution in [2.75, 3.05) is 13.6 Å². The minimum atomic E-state index is 0.380. The van der Waals surface area contributed by atoms with Crippen LogP contribution < -0.4 is 5.32 Å². The lowest BCUT2D eigenvalue weighted by Gasteiger charge is -2.42. The Morgan fingerprint density at radius 3 is 2.05 bits per heavy atom. The van der Waals surface area contributed by atoms with Crippen molar-refractivity contribution in [1.82, 2.24) is 10.2 Å². The second-order valence-corrected chi connectivity index (χ2v) is 6.24. The number of rotatable bonds is 8. The molecule has 1 rings (SSSR count). The fraction of sp³-hybridized carbons (Fsp3) is 0.667. The van der Waals surface area contributed by atoms with Crippen LogP contribution in [0.4, 0.5) is 0 Å². The van der Waals surface area contributed by atoms with E-state index in [1.807, 2.05) is 0 Å². The molecule has 0 saturated heterocycles. The minimum Gasteiger partial charge on any atom is -0.312 e. The predicted molar refractivity (Wildman–Crippen MR) is 89.0 cm³/mol. The predicted octanol–water partition coefficient (Wildman–Crippen LogP) is 4.09. The molecule has 0 aliphatic carbocycles. The molecule has 2 unspecified atom stereocenters. The second-order valence-electron chi connectivity index (χ2n) is 6.24. The summed E-state index contributed by atoms with van der Waals surface area (Å²) >= 11 is 0. The van der Waals surface area contributed by atoms with Crippen LogP contribution in [0.2, 0.25) is 0 Å². The van der Waals surface area contributed by atoms with Crippen LogP contribution in [0.15, 0.2) is 30.3 Å². The number of hydrogen-bond donors (Lipinski definition) is 1. The Hall–Kier alpha value is -0.860. The molecule has 0 spiro atoms. The summed E-state index contributed by atoms with van der Waals surface area (Å²) < 4.78 is 0. The molecule has 0 aromatic heterocycles. The first-order valence-corrected chi connectivity index (χ1v) is 8.00. The zero-order valence-electron chi connectivity index (χ0n) is 14.1. The third-order valence-electron chi connectivity index (χ3n) is 4.02. The molecule has 0 aliphatic heterocycles. The van der Waals surface area contributed by atoms with Gasteiger partial charge in [0.1, 0.15) is 0 Å². The maximum Gasteiger partial charge on any atom is 0.0478 e. The van der Waals surface area contributed by atoms with Crippen LogP contribution in [0.3, 0.4) is 0 Å². The van der Waals surface area contributed by atoms with E-state index >= 15 is 0 Å². The molecule has 0 aliphatic rings. The van der Waals surface area contributed by atoms with Gasteiger partial charge >= 0.3 is 0 Å². The molecule has 2 nitrogen and oxygen atoms in total. The third-order valence-corrected chi connectivity index (χ3v) is 4.02. The lowest BCUT2D eigenvalue weighted by atomic mass is 9.88. The number of benzene rings is 1. The van der Waals surface area contributed by atoms with Crippen molar-refractivity contribution in [2.24, 2.45) is 5.92 Å². The number of nitrogens with one attached hydrogen (secondary N) is 1. The van der Waals surface area contributed by atoms with E-state index in [1.165, 1.54) is 12.0 Å². The standard InChI is InChI=1S/C18H32N2/c1-7-13-20(15(4)5)18(14(2)3)17(19-6)16-11-9-8-10-12-16/h8-12,14-15,17-19H,7,13H2,1-6H3. The van der Waals surface area contributed by atoms with Crippen molar-refractivity contribution < 1.29 is 0 Å². The largest absolute Gasteiger partial charge is 0.312 e. The maximum atomic E-state index is 3.55. The van der Waals surface area contributed by atoms with Crippen LogP contribution in [0, 0.1) is 5.92 Å². The van der Waals surface area contributed by atoms with E-state index in [9.17, 15) is 0 Å². The average Bonchev–Trinajstić information content (AvgIpc) is 2.43. The van der Waals surface area contributed by atoms with Gasteiger partial charge in [0.15, 0.2) is 0 Å². The van der Waals surface area contributed by atoms with E-state index in [0.29, 0.717) is 24.0 Å². The molecule has 0 fully saturated rings. The molecular formula is C18H32N2. The van der Waals surface area contributed by atoms with Crippen molar-refractivity contribution in [3.05, 3.63) is 35.9 Å². The quantitative estimate of drug-likeness (QED) is 0.769. The van der Waals surface area contributed by atoms with Crippen LogP contribution in [-0.2, 0) is 0 Å². The van der Waals surface area contributed by atoms with Gasteiger partial charge in [-0.3, -0.25) is 4.90 Å². The van der Waals surface area contributed by atoms with Gasteiger partial charge in [0.2, 0.25) is 0 Å². The number of hydrogen-bond acceptors (Lipinski definition) is 2. The van der Waals surface area contributed by atoms with Gasteiger partial charge < -0.3 is 5.32 Å². The van der Waals surface area contributed by atoms with Gasteiger partial charge in [-0.2, -0.15) is 0 Å². The lowest BCUT2D eigenvalue weighted by Crippen LogP contribution is -2.50. The molecule has 2 heteroatoms. The van der Waals surface area contributed by atoms with E-state index in [-0.39, 0.29) is 0 Å². The number of likely N-dealkylation sites (N-methyl/N-ethyl adjacent to an activating group) is 1. The fourth-order valence-corrected chi connectivity index (χ4v) is 3.16. The van der Waals surface area contributed by atoms with Gasteiger partial charge in [-0.1, -0.05) is 51.1 Å². The molecule has 1 aromatic carbocycles. The molecule has 0 bridgehead atoms. The number of nitrogens with zero attached hydrogens (tertiary/aromatic N) is 1. The van der Waals surface area contributed by atoms with E-state index in [2.05, 4.69) is 82.2 Å². The third kappa shape index (κ3) is 4.32. The van der Waals surface area contributed by atoms with E-state index in [4.69, 9.17) is 0 Å². The Kier molecular flexibility index (Phi) is 7.25. The van der Waals surface area contributed by atoms with Crippen molar-refractivity contribution in [1.29, 1.82) is 0 Å². The molecular weight excluding hydrogens is 244 g/mol. The van der Waals surface area contributed by atoms with E-state index in [0.717, 1.165) is 6.54 Å². The topological polar surface area (TPSA) is 15.3 Å². The van der Waals surface area contributed by atoms with Crippen LogP contribution in [0.5, 0.6) is 0 Å². The van der Waals surface area contributed by atoms with Crippen LogP contribution in [0.25, 0.3) is 0 Å². The summed E-state index contributed by atoms with van der Waals surface area (Å²) in [6.07, 6.45) is 1.20. The summed E-state index contributed by atoms with van der Waals surface area (Å²) in [5.41, 5.74) is 1.38. The molecule has 2 atom stereocenters. The fourth-order valence-electron chi connectivity index (χ4n) is 3.16. The zero-order chi connectivity index (χ0) is 15.1. The Morgan fingerprint density at radius 2 is 1.65 bits per heavy atom. The summed E-state index contributed by atoms with van der Waals surface area (Å²) in [5.74, 6) is 0.613. The summed E-state index contributed by atoms with van der Waals surface area (Å²) in [6, 6.07) is 12.3. The van der Waals surface area contributed by atoms with Crippen LogP contribution in [-0.4, -0.2) is 30.6 Å². The molecule has 1 N–H and O–H groups in total. The molecule has 20 heavy (non-hydrogen) atoms. The average molecular weight is 276 g/mol. The second kappa shape index (κ2) is 8.43. The monoisotopic (exact) mass is 276 g/mol. The zero-order valence-corrected chi connectivity index (χ0v) is 14.1. The van der Waals surface area contributed by atoms with E-state index < -0.39 is 0 Å². The van der Waals surface area contributed by atoms with Crippen molar-refractivity contribution in [3.63, 3.8) is 0 Å². The maximum absolute atomic E-state index is 3.55. The molecule has 0 amide bonds. The summed E-state index contributed by atoms with van der Waals surface area (Å²) in [5, 5.41) is 3.55. The Balaban J connectivity index is 3.09. The van der Waals surface area contributed by atoms with Gasteiger partial charge in [0, 0.05) is 18.1 Å². The van der Waals surface area contributed by atoms with Crippen molar-refractivity contribution >= 4 is 0 Å². The van der Waals surface area contributed by atoms with Crippen LogP contribution >= 0.6 is 0 Å². The van der Waals surface area contributed by atoms with Crippen molar-refractivity contribution in [3.8, 4) is 0 Å². The van der Waals surface area contributed by atoms with Gasteiger partial charge in [-0.25, -0.2) is 0 Å². The van der Waals surface area contributed by atoms with Gasteiger partial charge in [0.25, 0.3) is 0 Å². The Bertz CT molecular complexity index is 359. The summed E-state index contributed by atoms with van der Waals surface area (Å²) in [7, 11) is 2.08. The highest BCUT2D eigenvalue weighted by molar-refractivity contribution is 5.21. The smallest absolute Gasteiger partial charge is 0.0478 e. The lowest BCUT2D eigenvalue weighted by molar-refractivity contribution is 0.0881. The normalized spacial score (nSPS) is 15.1. The first kappa shape index (κ1) is 17.2. The SMILES string of the molecule is CCCN(C(C)C)C(C(C)C)C(NC)c1ccccc1. The highest BCUT2D eigenvalue weighted by atomic mass is 15.2. The van der Waals surface area contributed by atoms with Gasteiger partial charge in [-0.15, -0.1) is 0 Å². The first-order valence-electron chi connectivity index (χ1n) is 8.00. The molecule has 1 aromatic rings. The molecule has 0 saturated carbocycles. The molecule has 0 radical (unpaired) electrons. The van der Waals surface area contributed by atoms with Gasteiger partial charge in [-0.05, 0) is 45.3 Å². The Morgan fingerprint density at radius 1 is 1.05 bits per heavy atom. The van der Waals surface area contributed by atoms with Gasteiger partial charge in [0.05, 0.1) is 0 Å². The minimum absolute atomic E-state index is 0.380.